The standard InChI is InChI=1S/C25H34F2N2O3/c1-22(31)9-10-25(27)19-6-7-23(2)18(17(19)5-8-24(25,26)14-22)3-4-20(23)21(30)13-32-16-11-28-15-29-12-16/h11-12,15,17-20,31H,3-10,13-14H2,1-2H3/t17-,18-,19-,20+,22+,23-,24-,25-/m0/s1. The first-order valence-corrected chi connectivity index (χ1v) is 12.1. The van der Waals surface area contributed by atoms with Crippen molar-refractivity contribution < 1.29 is 23.4 Å². The van der Waals surface area contributed by atoms with Crippen molar-refractivity contribution in [2.75, 3.05) is 6.61 Å². The predicted molar refractivity (Wildman–Crippen MR) is 114 cm³/mol. The number of carbonyl (C=O) groups is 1. The topological polar surface area (TPSA) is 72.3 Å². The van der Waals surface area contributed by atoms with Crippen LogP contribution in [0.25, 0.3) is 0 Å². The Hall–Kier alpha value is -1.63. The number of aliphatic hydroxyl groups is 1. The van der Waals surface area contributed by atoms with Gasteiger partial charge in [0, 0.05) is 12.3 Å². The number of rotatable bonds is 4. The molecule has 0 amide bonds. The molecule has 1 N–H and O–H groups in total. The first-order valence-electron chi connectivity index (χ1n) is 12.1. The molecule has 5 nitrogen and oxygen atoms in total. The molecule has 0 bridgehead atoms. The molecule has 5 rings (SSSR count). The number of alkyl halides is 2. The Balaban J connectivity index is 1.32. The highest BCUT2D eigenvalue weighted by molar-refractivity contribution is 5.83. The fraction of sp³-hybridized carbons (Fsp3) is 0.800. The number of ether oxygens (including phenoxy) is 1. The molecule has 0 aromatic carbocycles. The highest BCUT2D eigenvalue weighted by Crippen LogP contribution is 2.68. The fourth-order valence-corrected chi connectivity index (χ4v) is 8.13. The van der Waals surface area contributed by atoms with Crippen LogP contribution in [0.4, 0.5) is 8.78 Å². The minimum atomic E-state index is -1.94. The van der Waals surface area contributed by atoms with E-state index in [9.17, 15) is 9.90 Å². The third kappa shape index (κ3) is 3.29. The van der Waals surface area contributed by atoms with E-state index in [2.05, 4.69) is 16.9 Å². The van der Waals surface area contributed by atoms with Crippen LogP contribution in [-0.4, -0.2) is 44.4 Å². The molecular formula is C25H34F2N2O3. The van der Waals surface area contributed by atoms with Crippen LogP contribution in [0.3, 0.4) is 0 Å². The van der Waals surface area contributed by atoms with Crippen LogP contribution in [0.2, 0.25) is 0 Å². The first kappa shape index (κ1) is 22.2. The van der Waals surface area contributed by atoms with Gasteiger partial charge in [0.15, 0.2) is 11.5 Å². The van der Waals surface area contributed by atoms with E-state index in [0.29, 0.717) is 25.0 Å². The Bertz CT molecular complexity index is 883. The average molecular weight is 449 g/mol. The van der Waals surface area contributed by atoms with Crippen molar-refractivity contribution in [1.29, 1.82) is 0 Å². The molecule has 4 aliphatic carbocycles. The molecule has 1 aromatic rings. The van der Waals surface area contributed by atoms with E-state index in [1.807, 2.05) is 0 Å². The monoisotopic (exact) mass is 448 g/mol. The van der Waals surface area contributed by atoms with Crippen molar-refractivity contribution in [3.63, 3.8) is 0 Å². The number of fused-ring (bicyclic) bond motifs is 5. The molecule has 0 unspecified atom stereocenters. The normalized spacial score (nSPS) is 47.8. The fourth-order valence-electron chi connectivity index (χ4n) is 8.13. The second-order valence-electron chi connectivity index (χ2n) is 11.4. The molecule has 4 fully saturated rings. The van der Waals surface area contributed by atoms with Crippen molar-refractivity contribution in [2.45, 2.75) is 88.6 Å². The maximum Gasteiger partial charge on any atom is 0.173 e. The van der Waals surface area contributed by atoms with Gasteiger partial charge in [0.1, 0.15) is 24.3 Å². The number of hydrogen-bond acceptors (Lipinski definition) is 5. The molecule has 176 valence electrons. The predicted octanol–water partition coefficient (Wildman–Crippen LogP) is 4.63. The lowest BCUT2D eigenvalue weighted by Crippen LogP contribution is -2.66. The lowest BCUT2D eigenvalue weighted by molar-refractivity contribution is -0.217. The maximum atomic E-state index is 16.4. The molecule has 32 heavy (non-hydrogen) atoms. The van der Waals surface area contributed by atoms with E-state index in [1.165, 1.54) is 18.7 Å². The molecule has 7 heteroatoms. The smallest absolute Gasteiger partial charge is 0.173 e. The minimum Gasteiger partial charge on any atom is -0.483 e. The van der Waals surface area contributed by atoms with Gasteiger partial charge in [0.25, 0.3) is 0 Å². The lowest BCUT2D eigenvalue weighted by Gasteiger charge is -2.61. The summed E-state index contributed by atoms with van der Waals surface area (Å²) in [6, 6.07) is 0. The second-order valence-corrected chi connectivity index (χ2v) is 11.4. The van der Waals surface area contributed by atoms with Crippen LogP contribution in [-0.2, 0) is 4.79 Å². The summed E-state index contributed by atoms with van der Waals surface area (Å²) < 4.78 is 38.0. The van der Waals surface area contributed by atoms with Crippen molar-refractivity contribution in [2.24, 2.45) is 29.1 Å². The largest absolute Gasteiger partial charge is 0.483 e. The molecule has 0 spiro atoms. The summed E-state index contributed by atoms with van der Waals surface area (Å²) in [7, 11) is 0. The van der Waals surface area contributed by atoms with E-state index in [1.54, 1.807) is 6.92 Å². The Morgan fingerprint density at radius 2 is 1.81 bits per heavy atom. The third-order valence-corrected chi connectivity index (χ3v) is 9.64. The van der Waals surface area contributed by atoms with Crippen molar-refractivity contribution in [1.82, 2.24) is 9.97 Å². The van der Waals surface area contributed by atoms with Gasteiger partial charge >= 0.3 is 0 Å². The highest BCUT2D eigenvalue weighted by atomic mass is 19.2. The molecule has 1 heterocycles. The van der Waals surface area contributed by atoms with E-state index in [4.69, 9.17) is 4.74 Å². The maximum absolute atomic E-state index is 16.4. The molecule has 0 radical (unpaired) electrons. The van der Waals surface area contributed by atoms with Crippen LogP contribution < -0.4 is 4.74 Å². The minimum absolute atomic E-state index is 0.00975. The summed E-state index contributed by atoms with van der Waals surface area (Å²) >= 11 is 0. The van der Waals surface area contributed by atoms with Crippen LogP contribution in [0.5, 0.6) is 5.75 Å². The zero-order valence-corrected chi connectivity index (χ0v) is 19.0. The van der Waals surface area contributed by atoms with Gasteiger partial charge < -0.3 is 9.84 Å². The van der Waals surface area contributed by atoms with E-state index < -0.39 is 16.9 Å². The van der Waals surface area contributed by atoms with Gasteiger partial charge in [-0.15, -0.1) is 0 Å². The number of nitrogens with zero attached hydrogens (tertiary/aromatic N) is 2. The van der Waals surface area contributed by atoms with Gasteiger partial charge in [-0.2, -0.15) is 0 Å². The number of aromatic nitrogens is 2. The van der Waals surface area contributed by atoms with Crippen LogP contribution in [0.1, 0.15) is 71.6 Å². The Kier molecular flexibility index (Phi) is 5.16. The number of halogens is 2. The lowest BCUT2D eigenvalue weighted by atomic mass is 9.47. The highest BCUT2D eigenvalue weighted by Gasteiger charge is 2.69. The summed E-state index contributed by atoms with van der Waals surface area (Å²) in [4.78, 5) is 20.9. The molecule has 4 saturated carbocycles. The van der Waals surface area contributed by atoms with Crippen molar-refractivity contribution in [3.8, 4) is 5.75 Å². The number of Topliss-reactive ketones (excluding diaryl/α,β-unsaturated/α-hetero) is 1. The van der Waals surface area contributed by atoms with Crippen LogP contribution >= 0.6 is 0 Å². The number of ketones is 1. The van der Waals surface area contributed by atoms with Gasteiger partial charge in [0.2, 0.25) is 0 Å². The average Bonchev–Trinajstić information content (AvgIpc) is 3.11. The molecule has 1 aromatic heterocycles. The van der Waals surface area contributed by atoms with Crippen molar-refractivity contribution >= 4 is 5.78 Å². The van der Waals surface area contributed by atoms with Gasteiger partial charge in [-0.05, 0) is 81.5 Å². The molecular weight excluding hydrogens is 414 g/mol. The quantitative estimate of drug-likeness (QED) is 0.727. The summed E-state index contributed by atoms with van der Waals surface area (Å²) in [6.07, 6.45) is 8.61. The van der Waals surface area contributed by atoms with E-state index in [-0.39, 0.29) is 60.7 Å². The summed E-state index contributed by atoms with van der Waals surface area (Å²) in [5.41, 5.74) is -5.13. The van der Waals surface area contributed by atoms with Gasteiger partial charge in [-0.3, -0.25) is 4.79 Å². The van der Waals surface area contributed by atoms with E-state index in [0.717, 1.165) is 19.3 Å². The van der Waals surface area contributed by atoms with Gasteiger partial charge in [-0.1, -0.05) is 6.92 Å². The summed E-state index contributed by atoms with van der Waals surface area (Å²) in [6.45, 7) is 3.81. The zero-order valence-electron chi connectivity index (χ0n) is 19.0. The molecule has 0 saturated heterocycles. The molecule has 0 aliphatic heterocycles. The zero-order chi connectivity index (χ0) is 22.8. The molecule has 8 atom stereocenters. The van der Waals surface area contributed by atoms with Crippen LogP contribution in [0.15, 0.2) is 18.7 Å². The van der Waals surface area contributed by atoms with E-state index >= 15 is 8.78 Å². The van der Waals surface area contributed by atoms with Gasteiger partial charge in [-0.25, -0.2) is 18.7 Å². The Morgan fingerprint density at radius 1 is 1.06 bits per heavy atom. The summed E-state index contributed by atoms with van der Waals surface area (Å²) in [5, 5.41) is 10.4. The SMILES string of the molecule is C[C@@]1(O)CC[C@]2(F)[C@H]3CC[C@]4(C)[C@@H](C(=O)COc5cncnc5)CC[C@H]4[C@@H]3CC[C@]2(F)C1. The second kappa shape index (κ2) is 7.44. The van der Waals surface area contributed by atoms with Crippen LogP contribution in [0, 0.1) is 29.1 Å². The number of carbonyl (C=O) groups excluding carboxylic acids is 1. The van der Waals surface area contributed by atoms with Gasteiger partial charge in [0.05, 0.1) is 18.0 Å². The first-order chi connectivity index (χ1) is 15.1. The summed E-state index contributed by atoms with van der Waals surface area (Å²) in [5.74, 6) is 0.460. The third-order valence-electron chi connectivity index (χ3n) is 9.64. The van der Waals surface area contributed by atoms with Crippen molar-refractivity contribution in [3.05, 3.63) is 18.7 Å². The molecule has 4 aliphatic rings. The number of hydrogen-bond donors (Lipinski definition) is 1. The Morgan fingerprint density at radius 3 is 2.56 bits per heavy atom. The Labute approximate surface area is 188 Å².